The number of fused-ring (bicyclic) bond motifs is 1. The van der Waals surface area contributed by atoms with Crippen LogP contribution in [-0.4, -0.2) is 18.3 Å². The molecule has 0 bridgehead atoms. The molecular weight excluding hydrogens is 274 g/mol. The number of ether oxygens (including phenoxy) is 1. The number of aliphatic hydroxyl groups is 1. The highest BCUT2D eigenvalue weighted by Crippen LogP contribution is 2.24. The Balaban J connectivity index is 1.93. The number of unbranched alkanes of at least 4 members (excludes halogenated alkanes) is 4. The fourth-order valence-corrected chi connectivity index (χ4v) is 2.56. The van der Waals surface area contributed by atoms with E-state index in [1.807, 2.05) is 24.3 Å². The molecule has 0 radical (unpaired) electrons. The average Bonchev–Trinajstić information content (AvgIpc) is 2.56. The third-order valence-electron chi connectivity index (χ3n) is 3.98. The Morgan fingerprint density at radius 3 is 2.50 bits per heavy atom. The van der Waals surface area contributed by atoms with Crippen molar-refractivity contribution in [2.24, 2.45) is 5.73 Å². The summed E-state index contributed by atoms with van der Waals surface area (Å²) in [4.78, 5) is 0. The first-order chi connectivity index (χ1) is 10.7. The van der Waals surface area contributed by atoms with Gasteiger partial charge in [-0.2, -0.15) is 0 Å². The van der Waals surface area contributed by atoms with Crippen LogP contribution in [0.4, 0.5) is 0 Å². The molecule has 22 heavy (non-hydrogen) atoms. The number of hydrogen-bond acceptors (Lipinski definition) is 3. The quantitative estimate of drug-likeness (QED) is 0.683. The molecule has 0 saturated heterocycles. The van der Waals surface area contributed by atoms with Crippen LogP contribution in [0.2, 0.25) is 0 Å². The standard InChI is InChI=1S/C19H27NO2/c1-2-3-4-5-6-11-22-18-10-9-15-12-17(19(20)14-21)8-7-16(15)13-18/h7-10,12-13,19,21H,2-6,11,14,20H2,1H3. The van der Waals surface area contributed by atoms with Gasteiger partial charge in [-0.15, -0.1) is 0 Å². The van der Waals surface area contributed by atoms with Gasteiger partial charge in [-0.05, 0) is 41.0 Å². The maximum absolute atomic E-state index is 9.13. The topological polar surface area (TPSA) is 55.5 Å². The molecule has 3 nitrogen and oxygen atoms in total. The van der Waals surface area contributed by atoms with Crippen molar-refractivity contribution in [2.75, 3.05) is 13.2 Å². The molecule has 0 aliphatic heterocycles. The van der Waals surface area contributed by atoms with Crippen LogP contribution in [-0.2, 0) is 0 Å². The summed E-state index contributed by atoms with van der Waals surface area (Å²) in [5.74, 6) is 0.919. The van der Waals surface area contributed by atoms with Crippen LogP contribution in [0.5, 0.6) is 5.75 Å². The normalized spacial score (nSPS) is 12.5. The van der Waals surface area contributed by atoms with Crippen LogP contribution >= 0.6 is 0 Å². The van der Waals surface area contributed by atoms with Crippen molar-refractivity contribution in [3.05, 3.63) is 42.0 Å². The molecule has 0 fully saturated rings. The van der Waals surface area contributed by atoms with Gasteiger partial charge in [-0.1, -0.05) is 50.8 Å². The Kier molecular flexibility index (Phi) is 6.69. The highest BCUT2D eigenvalue weighted by atomic mass is 16.5. The highest BCUT2D eigenvalue weighted by Gasteiger charge is 2.05. The van der Waals surface area contributed by atoms with Gasteiger partial charge in [0.15, 0.2) is 0 Å². The molecule has 2 aromatic carbocycles. The first-order valence-corrected chi connectivity index (χ1v) is 8.27. The van der Waals surface area contributed by atoms with E-state index < -0.39 is 0 Å². The minimum absolute atomic E-state index is 0.0370. The van der Waals surface area contributed by atoms with Crippen molar-refractivity contribution in [1.82, 2.24) is 0 Å². The van der Waals surface area contributed by atoms with E-state index in [0.717, 1.165) is 35.1 Å². The van der Waals surface area contributed by atoms with Gasteiger partial charge in [0.1, 0.15) is 5.75 Å². The smallest absolute Gasteiger partial charge is 0.119 e. The third-order valence-corrected chi connectivity index (χ3v) is 3.98. The van der Waals surface area contributed by atoms with E-state index in [9.17, 15) is 0 Å². The highest BCUT2D eigenvalue weighted by molar-refractivity contribution is 5.84. The minimum atomic E-state index is -0.316. The van der Waals surface area contributed by atoms with Gasteiger partial charge in [0.2, 0.25) is 0 Å². The Bertz CT molecular complexity index is 583. The Morgan fingerprint density at radius 2 is 1.73 bits per heavy atom. The minimum Gasteiger partial charge on any atom is -0.494 e. The Hall–Kier alpha value is -1.58. The first kappa shape index (κ1) is 16.8. The molecule has 3 heteroatoms. The second-order valence-corrected chi connectivity index (χ2v) is 5.82. The van der Waals surface area contributed by atoms with Crippen LogP contribution in [0.1, 0.15) is 50.6 Å². The van der Waals surface area contributed by atoms with Gasteiger partial charge in [0.25, 0.3) is 0 Å². The van der Waals surface area contributed by atoms with Gasteiger partial charge in [0.05, 0.1) is 19.3 Å². The zero-order valence-corrected chi connectivity index (χ0v) is 13.4. The summed E-state index contributed by atoms with van der Waals surface area (Å²) in [5.41, 5.74) is 6.81. The fraction of sp³-hybridized carbons (Fsp3) is 0.474. The zero-order chi connectivity index (χ0) is 15.8. The van der Waals surface area contributed by atoms with Crippen LogP contribution in [0.15, 0.2) is 36.4 Å². The van der Waals surface area contributed by atoms with E-state index in [0.29, 0.717) is 0 Å². The number of rotatable bonds is 9. The fourth-order valence-electron chi connectivity index (χ4n) is 2.56. The van der Waals surface area contributed by atoms with Crippen molar-refractivity contribution in [3.63, 3.8) is 0 Å². The summed E-state index contributed by atoms with van der Waals surface area (Å²) < 4.78 is 5.83. The molecule has 2 rings (SSSR count). The molecule has 0 aliphatic rings. The lowest BCUT2D eigenvalue weighted by Gasteiger charge is -2.11. The van der Waals surface area contributed by atoms with Gasteiger partial charge in [-0.3, -0.25) is 0 Å². The molecule has 120 valence electrons. The molecule has 1 unspecified atom stereocenters. The monoisotopic (exact) mass is 301 g/mol. The van der Waals surface area contributed by atoms with E-state index in [4.69, 9.17) is 15.6 Å². The Labute approximate surface area is 133 Å². The maximum atomic E-state index is 9.13. The summed E-state index contributed by atoms with van der Waals surface area (Å²) >= 11 is 0. The third kappa shape index (κ3) is 4.72. The number of hydrogen-bond donors (Lipinski definition) is 2. The van der Waals surface area contributed by atoms with Crippen molar-refractivity contribution in [3.8, 4) is 5.75 Å². The molecule has 0 spiro atoms. The SMILES string of the molecule is CCCCCCCOc1ccc2cc(C(N)CO)ccc2c1. The number of aliphatic hydroxyl groups excluding tert-OH is 1. The summed E-state index contributed by atoms with van der Waals surface area (Å²) in [5, 5.41) is 11.4. The number of benzene rings is 2. The summed E-state index contributed by atoms with van der Waals surface area (Å²) in [7, 11) is 0. The van der Waals surface area contributed by atoms with Crippen LogP contribution < -0.4 is 10.5 Å². The van der Waals surface area contributed by atoms with Gasteiger partial charge < -0.3 is 15.6 Å². The zero-order valence-electron chi connectivity index (χ0n) is 13.4. The largest absolute Gasteiger partial charge is 0.494 e. The number of nitrogens with two attached hydrogens (primary N) is 1. The molecule has 3 N–H and O–H groups in total. The van der Waals surface area contributed by atoms with Gasteiger partial charge in [0, 0.05) is 0 Å². The van der Waals surface area contributed by atoms with Crippen LogP contribution in [0.3, 0.4) is 0 Å². The van der Waals surface area contributed by atoms with E-state index in [1.165, 1.54) is 25.7 Å². The lowest BCUT2D eigenvalue weighted by Crippen LogP contribution is -2.14. The first-order valence-electron chi connectivity index (χ1n) is 8.27. The summed E-state index contributed by atoms with van der Waals surface area (Å²) in [6.07, 6.45) is 6.24. The van der Waals surface area contributed by atoms with Crippen molar-refractivity contribution in [2.45, 2.75) is 45.1 Å². The van der Waals surface area contributed by atoms with E-state index >= 15 is 0 Å². The van der Waals surface area contributed by atoms with E-state index in [2.05, 4.69) is 19.1 Å². The van der Waals surface area contributed by atoms with E-state index in [-0.39, 0.29) is 12.6 Å². The molecule has 0 amide bonds. The van der Waals surface area contributed by atoms with Crippen molar-refractivity contribution < 1.29 is 9.84 Å². The summed E-state index contributed by atoms with van der Waals surface area (Å²) in [6.45, 7) is 2.97. The van der Waals surface area contributed by atoms with Gasteiger partial charge in [-0.25, -0.2) is 0 Å². The molecule has 0 aromatic heterocycles. The van der Waals surface area contributed by atoms with E-state index in [1.54, 1.807) is 0 Å². The van der Waals surface area contributed by atoms with Crippen molar-refractivity contribution >= 4 is 10.8 Å². The molecule has 0 heterocycles. The predicted molar refractivity (Wildman–Crippen MR) is 92.2 cm³/mol. The van der Waals surface area contributed by atoms with Crippen LogP contribution in [0, 0.1) is 0 Å². The second-order valence-electron chi connectivity index (χ2n) is 5.82. The molecule has 1 atom stereocenters. The molecule has 0 saturated carbocycles. The lowest BCUT2D eigenvalue weighted by atomic mass is 10.0. The maximum Gasteiger partial charge on any atom is 0.119 e. The summed E-state index contributed by atoms with van der Waals surface area (Å²) in [6, 6.07) is 11.8. The molecular formula is C19H27NO2. The van der Waals surface area contributed by atoms with Crippen molar-refractivity contribution in [1.29, 1.82) is 0 Å². The van der Waals surface area contributed by atoms with Crippen LogP contribution in [0.25, 0.3) is 10.8 Å². The Morgan fingerprint density at radius 1 is 1.00 bits per heavy atom. The second kappa shape index (κ2) is 8.76. The molecule has 0 aliphatic carbocycles. The average molecular weight is 301 g/mol. The predicted octanol–water partition coefficient (Wildman–Crippen LogP) is 4.18. The molecule has 2 aromatic rings. The lowest BCUT2D eigenvalue weighted by molar-refractivity contribution is 0.268. The van der Waals surface area contributed by atoms with Gasteiger partial charge >= 0.3 is 0 Å².